The van der Waals surface area contributed by atoms with Crippen LogP contribution in [0, 0.1) is 5.92 Å². The highest BCUT2D eigenvalue weighted by molar-refractivity contribution is 5.76. The molecule has 21 heavy (non-hydrogen) atoms. The maximum atomic E-state index is 11.7. The van der Waals surface area contributed by atoms with Crippen LogP contribution in [-0.2, 0) is 4.79 Å². The topological polar surface area (TPSA) is 83.3 Å². The first-order chi connectivity index (χ1) is 10.1. The van der Waals surface area contributed by atoms with Gasteiger partial charge in [0.15, 0.2) is 11.5 Å². The van der Waals surface area contributed by atoms with Crippen molar-refractivity contribution in [1.29, 1.82) is 0 Å². The van der Waals surface area contributed by atoms with Crippen LogP contribution in [0.15, 0.2) is 18.6 Å². The summed E-state index contributed by atoms with van der Waals surface area (Å²) in [6, 6.07) is 0. The third-order valence-corrected chi connectivity index (χ3v) is 2.98. The van der Waals surface area contributed by atoms with Crippen LogP contribution in [-0.4, -0.2) is 40.4 Å². The van der Waals surface area contributed by atoms with Gasteiger partial charge in [-0.1, -0.05) is 13.8 Å². The van der Waals surface area contributed by atoms with Gasteiger partial charge in [0.1, 0.15) is 5.82 Å². The number of carbonyl (C=O) groups is 1. The van der Waals surface area contributed by atoms with Gasteiger partial charge in [0.2, 0.25) is 5.91 Å². The molecular weight excluding hydrogens is 268 g/mol. The second-order valence-electron chi connectivity index (χ2n) is 5.26. The Labute approximate surface area is 124 Å². The molecule has 2 aromatic heterocycles. The van der Waals surface area contributed by atoms with Crippen molar-refractivity contribution in [3.8, 4) is 0 Å². The summed E-state index contributed by atoms with van der Waals surface area (Å²) in [5.74, 6) is 1.91. The number of nitrogens with zero attached hydrogens (tertiary/aromatic N) is 3. The minimum atomic E-state index is 0.0420. The quantitative estimate of drug-likeness (QED) is 0.717. The van der Waals surface area contributed by atoms with E-state index in [0.29, 0.717) is 31.2 Å². The molecule has 2 rings (SSSR count). The molecule has 0 radical (unpaired) electrons. The van der Waals surface area contributed by atoms with Crippen LogP contribution in [0.4, 0.5) is 11.6 Å². The van der Waals surface area contributed by atoms with Crippen LogP contribution < -0.4 is 16.0 Å². The Balaban J connectivity index is 1.94. The highest BCUT2D eigenvalue weighted by atomic mass is 16.1. The Morgan fingerprint density at radius 3 is 2.95 bits per heavy atom. The predicted molar refractivity (Wildman–Crippen MR) is 83.5 cm³/mol. The highest BCUT2D eigenvalue weighted by Gasteiger charge is 2.08. The van der Waals surface area contributed by atoms with Crippen LogP contribution in [0.1, 0.15) is 20.3 Å². The summed E-state index contributed by atoms with van der Waals surface area (Å²) in [4.78, 5) is 20.4. The molecule has 0 unspecified atom stereocenters. The summed E-state index contributed by atoms with van der Waals surface area (Å²) in [5, 5.41) is 9.06. The number of hydrogen-bond donors (Lipinski definition) is 3. The average molecular weight is 290 g/mol. The third kappa shape index (κ3) is 4.08. The van der Waals surface area contributed by atoms with Gasteiger partial charge in [-0.3, -0.25) is 4.79 Å². The molecule has 0 saturated carbocycles. The van der Waals surface area contributed by atoms with E-state index in [0.717, 1.165) is 11.5 Å². The zero-order chi connectivity index (χ0) is 15.2. The van der Waals surface area contributed by atoms with Crippen LogP contribution >= 0.6 is 0 Å². The standard InChI is InChI=1S/C14H22N6O/c1-10(2)8-18-12(21)4-5-16-13-14-17-6-7-20(14)9-11(15-3)19-13/h6-7,9-10,15H,4-5,8H2,1-3H3,(H,16,19)(H,18,21). The number of amides is 1. The van der Waals surface area contributed by atoms with E-state index in [1.54, 1.807) is 6.20 Å². The molecule has 0 aliphatic heterocycles. The first-order valence-corrected chi connectivity index (χ1v) is 7.12. The SMILES string of the molecule is CNc1cn2ccnc2c(NCCC(=O)NCC(C)C)n1. The van der Waals surface area contributed by atoms with Gasteiger partial charge in [0.05, 0.1) is 6.20 Å². The Bertz CT molecular complexity index is 607. The lowest BCUT2D eigenvalue weighted by Gasteiger charge is -2.10. The fourth-order valence-corrected chi connectivity index (χ4v) is 1.87. The van der Waals surface area contributed by atoms with E-state index in [-0.39, 0.29) is 5.91 Å². The Morgan fingerprint density at radius 2 is 2.24 bits per heavy atom. The molecule has 0 fully saturated rings. The Morgan fingerprint density at radius 1 is 1.43 bits per heavy atom. The monoisotopic (exact) mass is 290 g/mol. The van der Waals surface area contributed by atoms with Gasteiger partial charge >= 0.3 is 0 Å². The van der Waals surface area contributed by atoms with E-state index in [9.17, 15) is 4.79 Å². The van der Waals surface area contributed by atoms with E-state index in [1.807, 2.05) is 23.8 Å². The molecule has 1 amide bonds. The predicted octanol–water partition coefficient (Wildman–Crippen LogP) is 1.35. The molecule has 0 bridgehead atoms. The third-order valence-electron chi connectivity index (χ3n) is 2.98. The van der Waals surface area contributed by atoms with Crippen molar-refractivity contribution < 1.29 is 4.79 Å². The number of nitrogens with one attached hydrogen (secondary N) is 3. The van der Waals surface area contributed by atoms with E-state index < -0.39 is 0 Å². The smallest absolute Gasteiger partial charge is 0.221 e. The fraction of sp³-hybridized carbons (Fsp3) is 0.500. The van der Waals surface area contributed by atoms with Gasteiger partial charge in [0, 0.05) is 39.0 Å². The first kappa shape index (κ1) is 15.1. The summed E-state index contributed by atoms with van der Waals surface area (Å²) in [5.41, 5.74) is 0.747. The van der Waals surface area contributed by atoms with Crippen molar-refractivity contribution >= 4 is 23.2 Å². The molecule has 0 aromatic carbocycles. The second-order valence-corrected chi connectivity index (χ2v) is 5.26. The fourth-order valence-electron chi connectivity index (χ4n) is 1.87. The van der Waals surface area contributed by atoms with Crippen molar-refractivity contribution in [2.24, 2.45) is 5.92 Å². The lowest BCUT2D eigenvalue weighted by Crippen LogP contribution is -2.28. The molecule has 7 nitrogen and oxygen atoms in total. The molecule has 0 aliphatic carbocycles. The molecule has 3 N–H and O–H groups in total. The number of carbonyl (C=O) groups excluding carboxylic acids is 1. The van der Waals surface area contributed by atoms with Gasteiger partial charge in [-0.25, -0.2) is 9.97 Å². The van der Waals surface area contributed by atoms with Crippen molar-refractivity contribution in [2.45, 2.75) is 20.3 Å². The zero-order valence-corrected chi connectivity index (χ0v) is 12.7. The summed E-state index contributed by atoms with van der Waals surface area (Å²) in [6.07, 6.45) is 5.85. The molecule has 114 valence electrons. The molecule has 0 atom stereocenters. The minimum Gasteiger partial charge on any atom is -0.372 e. The lowest BCUT2D eigenvalue weighted by atomic mass is 10.2. The van der Waals surface area contributed by atoms with Crippen molar-refractivity contribution in [2.75, 3.05) is 30.8 Å². The molecule has 7 heteroatoms. The Kier molecular flexibility index (Phi) is 4.97. The van der Waals surface area contributed by atoms with E-state index >= 15 is 0 Å². The highest BCUT2D eigenvalue weighted by Crippen LogP contribution is 2.15. The van der Waals surface area contributed by atoms with Crippen LogP contribution in [0.25, 0.3) is 5.65 Å². The summed E-state index contributed by atoms with van der Waals surface area (Å²) in [6.45, 7) is 5.37. The minimum absolute atomic E-state index is 0.0420. The maximum absolute atomic E-state index is 11.7. The molecular formula is C14H22N6O. The average Bonchev–Trinajstić information content (AvgIpc) is 2.93. The number of imidazole rings is 1. The molecule has 0 saturated heterocycles. The van der Waals surface area contributed by atoms with Gasteiger partial charge in [-0.2, -0.15) is 0 Å². The molecule has 0 spiro atoms. The van der Waals surface area contributed by atoms with Gasteiger partial charge in [0.25, 0.3) is 0 Å². The van der Waals surface area contributed by atoms with Gasteiger partial charge < -0.3 is 20.4 Å². The maximum Gasteiger partial charge on any atom is 0.221 e. The summed E-state index contributed by atoms with van der Waals surface area (Å²) < 4.78 is 1.89. The Hall–Kier alpha value is -2.31. The van der Waals surface area contributed by atoms with Crippen LogP contribution in [0.3, 0.4) is 0 Å². The van der Waals surface area contributed by atoms with Crippen molar-refractivity contribution in [3.63, 3.8) is 0 Å². The number of hydrogen-bond acceptors (Lipinski definition) is 5. The second kappa shape index (κ2) is 6.92. The summed E-state index contributed by atoms with van der Waals surface area (Å²) in [7, 11) is 1.81. The first-order valence-electron chi connectivity index (χ1n) is 7.12. The van der Waals surface area contributed by atoms with Crippen molar-refractivity contribution in [1.82, 2.24) is 19.7 Å². The number of rotatable bonds is 7. The van der Waals surface area contributed by atoms with E-state index in [1.165, 1.54) is 0 Å². The molecule has 2 heterocycles. The number of aromatic nitrogens is 3. The number of anilines is 2. The lowest BCUT2D eigenvalue weighted by molar-refractivity contribution is -0.120. The molecule has 2 aromatic rings. The number of fused-ring (bicyclic) bond motifs is 1. The largest absolute Gasteiger partial charge is 0.372 e. The molecule has 0 aliphatic rings. The van der Waals surface area contributed by atoms with Gasteiger partial charge in [-0.05, 0) is 5.92 Å². The van der Waals surface area contributed by atoms with Crippen LogP contribution in [0.5, 0.6) is 0 Å². The normalized spacial score (nSPS) is 10.9. The van der Waals surface area contributed by atoms with E-state index in [2.05, 4.69) is 39.8 Å². The van der Waals surface area contributed by atoms with Crippen LogP contribution in [0.2, 0.25) is 0 Å². The summed E-state index contributed by atoms with van der Waals surface area (Å²) >= 11 is 0. The van der Waals surface area contributed by atoms with Gasteiger partial charge in [-0.15, -0.1) is 0 Å². The zero-order valence-electron chi connectivity index (χ0n) is 12.7. The van der Waals surface area contributed by atoms with Crippen molar-refractivity contribution in [3.05, 3.63) is 18.6 Å². The van der Waals surface area contributed by atoms with E-state index in [4.69, 9.17) is 0 Å².